The number of likely N-dealkylation sites (tertiary alicyclic amines) is 1. The number of nitrogens with one attached hydrogen (secondary N) is 1. The van der Waals surface area contributed by atoms with Gasteiger partial charge in [0.1, 0.15) is 5.69 Å². The van der Waals surface area contributed by atoms with Crippen LogP contribution in [0.1, 0.15) is 34.5 Å². The molecule has 0 spiro atoms. The Hall–Kier alpha value is -2.36. The highest BCUT2D eigenvalue weighted by Gasteiger charge is 2.20. The molecule has 1 aliphatic heterocycles. The van der Waals surface area contributed by atoms with E-state index in [0.717, 1.165) is 38.2 Å². The summed E-state index contributed by atoms with van der Waals surface area (Å²) in [5.41, 5.74) is 3.99. The van der Waals surface area contributed by atoms with E-state index in [0.29, 0.717) is 5.69 Å². The molecule has 2 aromatic rings. The molecule has 1 aromatic heterocycles. The van der Waals surface area contributed by atoms with E-state index in [1.54, 1.807) is 12.3 Å². The van der Waals surface area contributed by atoms with E-state index in [1.807, 2.05) is 23.1 Å². The number of amides is 1. The van der Waals surface area contributed by atoms with Crippen LogP contribution in [0.25, 0.3) is 0 Å². The number of hydrogen-bond acceptors (Lipinski definition) is 3. The average Bonchev–Trinajstić information content (AvgIpc) is 3.08. The van der Waals surface area contributed by atoms with Gasteiger partial charge in [-0.05, 0) is 43.0 Å². The number of pyridine rings is 1. The summed E-state index contributed by atoms with van der Waals surface area (Å²) in [5.74, 6) is 0.0444. The summed E-state index contributed by atoms with van der Waals surface area (Å²) in [7, 11) is 0. The van der Waals surface area contributed by atoms with Crippen molar-refractivity contribution in [1.29, 1.82) is 0 Å². The Balaban J connectivity index is 1.62. The Bertz CT molecular complexity index is 646. The maximum atomic E-state index is 12.2. The van der Waals surface area contributed by atoms with Crippen LogP contribution in [-0.2, 0) is 6.54 Å². The summed E-state index contributed by atoms with van der Waals surface area (Å²) in [6.07, 6.45) is 3.94. The zero-order valence-electron chi connectivity index (χ0n) is 12.9. The number of rotatable bonds is 4. The number of aryl methyl sites for hydroxylation is 1. The third kappa shape index (κ3) is 3.27. The van der Waals surface area contributed by atoms with Crippen molar-refractivity contribution in [3.8, 4) is 0 Å². The molecule has 4 heteroatoms. The first-order valence-electron chi connectivity index (χ1n) is 7.78. The molecule has 3 rings (SSSR count). The summed E-state index contributed by atoms with van der Waals surface area (Å²) in [4.78, 5) is 18.4. The van der Waals surface area contributed by atoms with Crippen molar-refractivity contribution in [3.63, 3.8) is 0 Å². The summed E-state index contributed by atoms with van der Waals surface area (Å²) < 4.78 is 0. The van der Waals surface area contributed by atoms with Gasteiger partial charge in [0.05, 0.1) is 11.9 Å². The van der Waals surface area contributed by atoms with Crippen LogP contribution >= 0.6 is 0 Å². The van der Waals surface area contributed by atoms with Gasteiger partial charge >= 0.3 is 0 Å². The van der Waals surface area contributed by atoms with Gasteiger partial charge < -0.3 is 10.2 Å². The van der Waals surface area contributed by atoms with Crippen molar-refractivity contribution in [1.82, 2.24) is 9.88 Å². The first kappa shape index (κ1) is 14.6. The molecule has 1 amide bonds. The molecule has 1 fully saturated rings. The highest BCUT2D eigenvalue weighted by molar-refractivity contribution is 5.92. The second-order valence-electron chi connectivity index (χ2n) is 5.71. The summed E-state index contributed by atoms with van der Waals surface area (Å²) in [5, 5.41) is 3.35. The van der Waals surface area contributed by atoms with E-state index >= 15 is 0 Å². The number of hydrogen-bond donors (Lipinski definition) is 1. The first-order valence-corrected chi connectivity index (χ1v) is 7.78. The Labute approximate surface area is 131 Å². The Kier molecular flexibility index (Phi) is 4.37. The number of aromatic nitrogens is 1. The lowest BCUT2D eigenvalue weighted by Crippen LogP contribution is -2.28. The number of carbonyl (C=O) groups excluding carboxylic acids is 1. The second kappa shape index (κ2) is 6.60. The van der Waals surface area contributed by atoms with E-state index in [2.05, 4.69) is 29.4 Å². The van der Waals surface area contributed by atoms with Gasteiger partial charge in [-0.1, -0.05) is 24.3 Å². The highest BCUT2D eigenvalue weighted by Crippen LogP contribution is 2.14. The maximum absolute atomic E-state index is 12.2. The van der Waals surface area contributed by atoms with Crippen LogP contribution in [-0.4, -0.2) is 28.9 Å². The third-order valence-corrected chi connectivity index (χ3v) is 4.12. The monoisotopic (exact) mass is 295 g/mol. The van der Waals surface area contributed by atoms with Crippen LogP contribution < -0.4 is 5.32 Å². The molecule has 1 N–H and O–H groups in total. The summed E-state index contributed by atoms with van der Waals surface area (Å²) >= 11 is 0. The first-order chi connectivity index (χ1) is 10.7. The van der Waals surface area contributed by atoms with Crippen LogP contribution in [0.3, 0.4) is 0 Å². The Morgan fingerprint density at radius 3 is 2.64 bits per heavy atom. The van der Waals surface area contributed by atoms with Gasteiger partial charge in [0, 0.05) is 19.6 Å². The van der Waals surface area contributed by atoms with Crippen LogP contribution in [0.15, 0.2) is 42.6 Å². The van der Waals surface area contributed by atoms with Gasteiger partial charge in [-0.25, -0.2) is 4.98 Å². The van der Waals surface area contributed by atoms with Crippen molar-refractivity contribution < 1.29 is 4.79 Å². The van der Waals surface area contributed by atoms with Gasteiger partial charge in [-0.15, -0.1) is 0 Å². The maximum Gasteiger partial charge on any atom is 0.272 e. The Morgan fingerprint density at radius 1 is 1.18 bits per heavy atom. The van der Waals surface area contributed by atoms with E-state index in [4.69, 9.17) is 0 Å². The molecule has 0 atom stereocenters. The average molecular weight is 295 g/mol. The molecule has 0 bridgehead atoms. The van der Waals surface area contributed by atoms with Crippen molar-refractivity contribution in [2.45, 2.75) is 26.3 Å². The van der Waals surface area contributed by atoms with Gasteiger partial charge in [-0.3, -0.25) is 4.79 Å². The van der Waals surface area contributed by atoms with Gasteiger partial charge in [0.25, 0.3) is 5.91 Å². The van der Waals surface area contributed by atoms with Crippen molar-refractivity contribution in [2.75, 3.05) is 18.4 Å². The molecule has 4 nitrogen and oxygen atoms in total. The van der Waals surface area contributed by atoms with E-state index in [1.165, 1.54) is 11.1 Å². The van der Waals surface area contributed by atoms with Crippen molar-refractivity contribution in [3.05, 3.63) is 59.4 Å². The molecule has 0 unspecified atom stereocenters. The standard InChI is InChI=1S/C18H21N3O/c1-14-6-2-3-7-15(14)12-19-16-8-9-17(20-13-16)18(22)21-10-4-5-11-21/h2-3,6-9,13,19H,4-5,10-12H2,1H3. The Morgan fingerprint density at radius 2 is 1.95 bits per heavy atom. The molecule has 0 aliphatic carbocycles. The third-order valence-electron chi connectivity index (χ3n) is 4.12. The molecule has 22 heavy (non-hydrogen) atoms. The smallest absolute Gasteiger partial charge is 0.272 e. The molecule has 1 aromatic carbocycles. The fourth-order valence-electron chi connectivity index (χ4n) is 2.71. The normalized spacial score (nSPS) is 14.1. The summed E-state index contributed by atoms with van der Waals surface area (Å²) in [6, 6.07) is 12.0. The lowest BCUT2D eigenvalue weighted by molar-refractivity contribution is 0.0787. The zero-order chi connectivity index (χ0) is 15.4. The van der Waals surface area contributed by atoms with E-state index in [-0.39, 0.29) is 5.91 Å². The SMILES string of the molecule is Cc1ccccc1CNc1ccc(C(=O)N2CCCC2)nc1. The topological polar surface area (TPSA) is 45.2 Å². The molecular formula is C18H21N3O. The van der Waals surface area contributed by atoms with Crippen LogP contribution in [0.2, 0.25) is 0 Å². The molecule has 114 valence electrons. The fraction of sp³-hybridized carbons (Fsp3) is 0.333. The number of nitrogens with zero attached hydrogens (tertiary/aromatic N) is 2. The lowest BCUT2D eigenvalue weighted by Gasteiger charge is -2.14. The second-order valence-corrected chi connectivity index (χ2v) is 5.71. The minimum Gasteiger partial charge on any atom is -0.380 e. The van der Waals surface area contributed by atoms with E-state index in [9.17, 15) is 4.79 Å². The lowest BCUT2D eigenvalue weighted by atomic mass is 10.1. The van der Waals surface area contributed by atoms with Gasteiger partial charge in [-0.2, -0.15) is 0 Å². The van der Waals surface area contributed by atoms with Crippen molar-refractivity contribution >= 4 is 11.6 Å². The highest BCUT2D eigenvalue weighted by atomic mass is 16.2. The largest absolute Gasteiger partial charge is 0.380 e. The van der Waals surface area contributed by atoms with Crippen molar-refractivity contribution in [2.24, 2.45) is 0 Å². The number of benzene rings is 1. The molecule has 0 saturated carbocycles. The molecule has 1 saturated heterocycles. The van der Waals surface area contributed by atoms with Crippen LogP contribution in [0.5, 0.6) is 0 Å². The molecular weight excluding hydrogens is 274 g/mol. The molecule has 1 aliphatic rings. The minimum atomic E-state index is 0.0444. The predicted molar refractivity (Wildman–Crippen MR) is 87.9 cm³/mol. The van der Waals surface area contributed by atoms with Gasteiger partial charge in [0.15, 0.2) is 0 Å². The predicted octanol–water partition coefficient (Wildman–Crippen LogP) is 3.24. The number of carbonyl (C=O) groups is 1. The van der Waals surface area contributed by atoms with Crippen LogP contribution in [0.4, 0.5) is 5.69 Å². The quantitative estimate of drug-likeness (QED) is 0.942. The van der Waals surface area contributed by atoms with Crippen LogP contribution in [0, 0.1) is 6.92 Å². The van der Waals surface area contributed by atoms with Gasteiger partial charge in [0.2, 0.25) is 0 Å². The molecule has 2 heterocycles. The zero-order valence-corrected chi connectivity index (χ0v) is 12.9. The number of anilines is 1. The van der Waals surface area contributed by atoms with E-state index < -0.39 is 0 Å². The summed E-state index contributed by atoms with van der Waals surface area (Å²) in [6.45, 7) is 4.57. The fourth-order valence-corrected chi connectivity index (χ4v) is 2.71. The minimum absolute atomic E-state index is 0.0444. The molecule has 0 radical (unpaired) electrons.